The van der Waals surface area contributed by atoms with E-state index in [4.69, 9.17) is 4.74 Å². The molecule has 1 saturated carbocycles. The first-order valence-electron chi connectivity index (χ1n) is 6.07. The molecule has 0 saturated heterocycles. The predicted octanol–water partition coefficient (Wildman–Crippen LogP) is 2.49. The lowest BCUT2D eigenvalue weighted by molar-refractivity contribution is 0.0598. The van der Waals surface area contributed by atoms with Crippen LogP contribution in [0.4, 0.5) is 0 Å². The second-order valence-corrected chi connectivity index (χ2v) is 4.58. The molecular weight excluding hydrogens is 216 g/mol. The molecule has 0 amide bonds. The monoisotopic (exact) mass is 234 g/mol. The van der Waals surface area contributed by atoms with Crippen LogP contribution in [0.5, 0.6) is 0 Å². The third-order valence-electron chi connectivity index (χ3n) is 3.50. The van der Waals surface area contributed by atoms with Crippen molar-refractivity contribution in [2.75, 3.05) is 7.11 Å². The summed E-state index contributed by atoms with van der Waals surface area (Å²) in [7, 11) is 1.41. The molecule has 0 aliphatic heterocycles. The molecule has 0 aromatic heterocycles. The van der Waals surface area contributed by atoms with E-state index in [0.717, 1.165) is 31.2 Å². The Hall–Kier alpha value is -1.35. The fourth-order valence-corrected chi connectivity index (χ4v) is 2.54. The number of aliphatic hydroxyl groups is 1. The normalized spacial score (nSPS) is 24.4. The number of aliphatic hydroxyl groups excluding tert-OH is 1. The Labute approximate surface area is 101 Å². The van der Waals surface area contributed by atoms with Gasteiger partial charge in [0.1, 0.15) is 0 Å². The molecule has 0 heterocycles. The highest BCUT2D eigenvalue weighted by atomic mass is 16.5. The summed E-state index contributed by atoms with van der Waals surface area (Å²) in [5, 5.41) is 9.51. The summed E-state index contributed by atoms with van der Waals surface area (Å²) in [6, 6.07) is 7.61. The van der Waals surface area contributed by atoms with Gasteiger partial charge in [-0.05, 0) is 43.2 Å². The molecule has 92 valence electrons. The molecule has 3 nitrogen and oxygen atoms in total. The van der Waals surface area contributed by atoms with Gasteiger partial charge in [-0.15, -0.1) is 0 Å². The lowest BCUT2D eigenvalue weighted by atomic mass is 9.81. The van der Waals surface area contributed by atoms with Crippen molar-refractivity contribution >= 4 is 5.97 Å². The van der Waals surface area contributed by atoms with Crippen molar-refractivity contribution in [1.29, 1.82) is 0 Å². The van der Waals surface area contributed by atoms with E-state index in [1.165, 1.54) is 7.11 Å². The second kappa shape index (κ2) is 5.32. The molecule has 2 rings (SSSR count). The fourth-order valence-electron chi connectivity index (χ4n) is 2.54. The highest BCUT2D eigenvalue weighted by molar-refractivity contribution is 5.91. The van der Waals surface area contributed by atoms with Crippen molar-refractivity contribution in [3.05, 3.63) is 35.4 Å². The van der Waals surface area contributed by atoms with Crippen LogP contribution in [0, 0.1) is 0 Å². The summed E-state index contributed by atoms with van der Waals surface area (Å²) >= 11 is 0. The highest BCUT2D eigenvalue weighted by Crippen LogP contribution is 2.34. The Kier molecular flexibility index (Phi) is 3.79. The van der Waals surface area contributed by atoms with Crippen LogP contribution in [0.3, 0.4) is 0 Å². The van der Waals surface area contributed by atoms with Crippen molar-refractivity contribution in [3.63, 3.8) is 0 Å². The number of carbonyl (C=O) groups is 1. The van der Waals surface area contributed by atoms with Crippen LogP contribution in [-0.2, 0) is 4.74 Å². The largest absolute Gasteiger partial charge is 0.465 e. The van der Waals surface area contributed by atoms with Gasteiger partial charge in [-0.1, -0.05) is 18.2 Å². The number of rotatable bonds is 2. The topological polar surface area (TPSA) is 46.5 Å². The molecule has 3 heteroatoms. The van der Waals surface area contributed by atoms with E-state index in [-0.39, 0.29) is 12.1 Å². The summed E-state index contributed by atoms with van der Waals surface area (Å²) in [5.41, 5.74) is 1.72. The van der Waals surface area contributed by atoms with Gasteiger partial charge in [-0.25, -0.2) is 4.79 Å². The summed E-state index contributed by atoms with van der Waals surface area (Å²) < 4.78 is 4.80. The summed E-state index contributed by atoms with van der Waals surface area (Å²) in [6.45, 7) is 0. The van der Waals surface area contributed by atoms with Crippen LogP contribution in [0.25, 0.3) is 0 Å². The average Bonchev–Trinajstić information content (AvgIpc) is 2.39. The van der Waals surface area contributed by atoms with Crippen molar-refractivity contribution in [2.45, 2.75) is 37.7 Å². The Morgan fingerprint density at radius 1 is 1.24 bits per heavy atom. The van der Waals surface area contributed by atoms with E-state index in [0.29, 0.717) is 11.5 Å². The Bertz CT molecular complexity index is 392. The van der Waals surface area contributed by atoms with Gasteiger partial charge >= 0.3 is 5.97 Å². The van der Waals surface area contributed by atoms with E-state index in [1.807, 2.05) is 24.3 Å². The maximum atomic E-state index is 11.7. The zero-order valence-electron chi connectivity index (χ0n) is 10.1. The summed E-state index contributed by atoms with van der Waals surface area (Å²) in [4.78, 5) is 11.7. The number of ether oxygens (including phenoxy) is 1. The van der Waals surface area contributed by atoms with Gasteiger partial charge in [-0.3, -0.25) is 0 Å². The SMILES string of the molecule is COC(=O)c1ccccc1[C@H]1CC[C@H](O)CC1. The second-order valence-electron chi connectivity index (χ2n) is 4.58. The molecule has 1 aliphatic carbocycles. The minimum Gasteiger partial charge on any atom is -0.465 e. The van der Waals surface area contributed by atoms with Crippen LogP contribution < -0.4 is 0 Å². The van der Waals surface area contributed by atoms with Crippen molar-refractivity contribution < 1.29 is 14.6 Å². The van der Waals surface area contributed by atoms with Gasteiger partial charge in [-0.2, -0.15) is 0 Å². The van der Waals surface area contributed by atoms with Crippen molar-refractivity contribution in [1.82, 2.24) is 0 Å². The van der Waals surface area contributed by atoms with Gasteiger partial charge in [0, 0.05) is 0 Å². The fraction of sp³-hybridized carbons (Fsp3) is 0.500. The van der Waals surface area contributed by atoms with Crippen LogP contribution in [0.1, 0.15) is 47.5 Å². The van der Waals surface area contributed by atoms with E-state index in [2.05, 4.69) is 0 Å². The summed E-state index contributed by atoms with van der Waals surface area (Å²) in [6.07, 6.45) is 3.35. The first-order valence-corrected chi connectivity index (χ1v) is 6.07. The lowest BCUT2D eigenvalue weighted by Crippen LogP contribution is -2.19. The van der Waals surface area contributed by atoms with Gasteiger partial charge in [0.25, 0.3) is 0 Å². The van der Waals surface area contributed by atoms with Crippen LogP contribution in [0.15, 0.2) is 24.3 Å². The van der Waals surface area contributed by atoms with E-state index >= 15 is 0 Å². The number of benzene rings is 1. The Balaban J connectivity index is 2.23. The van der Waals surface area contributed by atoms with Crippen LogP contribution in [0.2, 0.25) is 0 Å². The average molecular weight is 234 g/mol. The quantitative estimate of drug-likeness (QED) is 0.800. The maximum Gasteiger partial charge on any atom is 0.338 e. The molecule has 1 aliphatic rings. The van der Waals surface area contributed by atoms with Gasteiger partial charge in [0.05, 0.1) is 18.8 Å². The highest BCUT2D eigenvalue weighted by Gasteiger charge is 2.24. The summed E-state index contributed by atoms with van der Waals surface area (Å²) in [5.74, 6) is 0.0976. The molecule has 17 heavy (non-hydrogen) atoms. The minimum atomic E-state index is -0.272. The van der Waals surface area contributed by atoms with E-state index in [1.54, 1.807) is 0 Å². The molecule has 1 fully saturated rings. The molecular formula is C14H18O3. The van der Waals surface area contributed by atoms with Gasteiger partial charge in [0.2, 0.25) is 0 Å². The van der Waals surface area contributed by atoms with E-state index in [9.17, 15) is 9.90 Å². The number of esters is 1. The zero-order chi connectivity index (χ0) is 12.3. The van der Waals surface area contributed by atoms with Gasteiger partial charge < -0.3 is 9.84 Å². The van der Waals surface area contributed by atoms with Crippen molar-refractivity contribution in [2.24, 2.45) is 0 Å². The minimum absolute atomic E-state index is 0.170. The molecule has 0 radical (unpaired) electrons. The lowest BCUT2D eigenvalue weighted by Gasteiger charge is -2.26. The Morgan fingerprint density at radius 3 is 2.53 bits per heavy atom. The van der Waals surface area contributed by atoms with Crippen LogP contribution in [-0.4, -0.2) is 24.3 Å². The maximum absolute atomic E-state index is 11.7. The molecule has 1 aromatic carbocycles. The molecule has 1 aromatic rings. The smallest absolute Gasteiger partial charge is 0.338 e. The number of methoxy groups -OCH3 is 1. The van der Waals surface area contributed by atoms with Gasteiger partial charge in [0.15, 0.2) is 0 Å². The molecule has 0 bridgehead atoms. The predicted molar refractivity (Wildman–Crippen MR) is 65.0 cm³/mol. The Morgan fingerprint density at radius 2 is 1.88 bits per heavy atom. The molecule has 0 spiro atoms. The van der Waals surface area contributed by atoms with Crippen LogP contribution >= 0.6 is 0 Å². The number of hydrogen-bond donors (Lipinski definition) is 1. The molecule has 0 atom stereocenters. The molecule has 1 N–H and O–H groups in total. The first-order chi connectivity index (χ1) is 8.22. The standard InChI is InChI=1S/C14H18O3/c1-17-14(16)13-5-3-2-4-12(13)10-6-8-11(15)9-7-10/h2-5,10-11,15H,6-9H2,1H3/t10-,11-. The number of hydrogen-bond acceptors (Lipinski definition) is 3. The third-order valence-corrected chi connectivity index (χ3v) is 3.50. The zero-order valence-corrected chi connectivity index (χ0v) is 10.1. The number of carbonyl (C=O) groups excluding carboxylic acids is 1. The molecule has 0 unspecified atom stereocenters. The third kappa shape index (κ3) is 2.67. The first kappa shape index (κ1) is 12.1. The van der Waals surface area contributed by atoms with Crippen molar-refractivity contribution in [3.8, 4) is 0 Å². The van der Waals surface area contributed by atoms with E-state index < -0.39 is 0 Å².